The van der Waals surface area contributed by atoms with Gasteiger partial charge in [-0.25, -0.2) is 4.79 Å². The lowest BCUT2D eigenvalue weighted by Gasteiger charge is -2.42. The minimum atomic E-state index is -2.15. The molecule has 1 amide bonds. The van der Waals surface area contributed by atoms with Crippen LogP contribution in [0.4, 0.5) is 0 Å². The van der Waals surface area contributed by atoms with Crippen LogP contribution in [-0.4, -0.2) is 51.0 Å². The van der Waals surface area contributed by atoms with Crippen molar-refractivity contribution in [3.8, 4) is 0 Å². The molecule has 0 saturated carbocycles. The van der Waals surface area contributed by atoms with Crippen molar-refractivity contribution in [2.24, 2.45) is 0 Å². The molecular formula is C27H23N3O6. The summed E-state index contributed by atoms with van der Waals surface area (Å²) in [5.41, 5.74) is -0.147. The quantitative estimate of drug-likeness (QED) is 0.331. The van der Waals surface area contributed by atoms with Gasteiger partial charge >= 0.3 is 5.97 Å². The maximum atomic E-state index is 13.3. The number of ether oxygens (including phenoxy) is 2. The first-order valence-corrected chi connectivity index (χ1v) is 11.6. The number of rotatable bonds is 2. The van der Waals surface area contributed by atoms with Crippen molar-refractivity contribution in [3.05, 3.63) is 59.7 Å². The van der Waals surface area contributed by atoms with Crippen molar-refractivity contribution in [1.82, 2.24) is 14.5 Å². The van der Waals surface area contributed by atoms with E-state index in [9.17, 15) is 19.8 Å². The Morgan fingerprint density at radius 2 is 1.67 bits per heavy atom. The molecule has 9 heteroatoms. The minimum absolute atomic E-state index is 0.178. The number of esters is 1. The van der Waals surface area contributed by atoms with Gasteiger partial charge < -0.3 is 34.1 Å². The number of hydrogen-bond acceptors (Lipinski definition) is 6. The van der Waals surface area contributed by atoms with E-state index in [-0.39, 0.29) is 12.5 Å². The Kier molecular flexibility index (Phi) is 3.94. The molecule has 0 aliphatic carbocycles. The summed E-state index contributed by atoms with van der Waals surface area (Å²) in [6.07, 6.45) is -1.21. The van der Waals surface area contributed by atoms with Crippen molar-refractivity contribution in [2.75, 3.05) is 14.2 Å². The van der Waals surface area contributed by atoms with Crippen molar-refractivity contribution >= 4 is 55.5 Å². The molecule has 36 heavy (non-hydrogen) atoms. The molecule has 2 aliphatic rings. The topological polar surface area (TPSA) is 115 Å². The summed E-state index contributed by atoms with van der Waals surface area (Å²) >= 11 is 0. The van der Waals surface area contributed by atoms with E-state index in [1.165, 1.54) is 14.2 Å². The number of amides is 1. The summed E-state index contributed by atoms with van der Waals surface area (Å²) in [6.45, 7) is 1.48. The van der Waals surface area contributed by atoms with Crippen molar-refractivity contribution in [3.63, 3.8) is 0 Å². The van der Waals surface area contributed by atoms with Gasteiger partial charge in [-0.3, -0.25) is 4.79 Å². The largest absolute Gasteiger partial charge is 0.467 e. The fourth-order valence-corrected chi connectivity index (χ4v) is 6.43. The number of aliphatic hydroxyl groups is 2. The maximum absolute atomic E-state index is 13.3. The molecule has 182 valence electrons. The van der Waals surface area contributed by atoms with E-state index in [0.29, 0.717) is 38.4 Å². The predicted molar refractivity (Wildman–Crippen MR) is 132 cm³/mol. The Morgan fingerprint density at radius 3 is 2.33 bits per heavy atom. The van der Waals surface area contributed by atoms with Crippen molar-refractivity contribution < 1.29 is 29.3 Å². The fourth-order valence-electron chi connectivity index (χ4n) is 6.43. The van der Waals surface area contributed by atoms with Crippen LogP contribution >= 0.6 is 0 Å². The van der Waals surface area contributed by atoms with E-state index in [1.807, 2.05) is 57.7 Å². The molecule has 0 saturated heterocycles. The van der Waals surface area contributed by atoms with E-state index in [4.69, 9.17) is 9.47 Å². The summed E-state index contributed by atoms with van der Waals surface area (Å²) in [5.74, 6) is -1.22. The average molecular weight is 485 g/mol. The first kappa shape index (κ1) is 21.4. The second-order valence-corrected chi connectivity index (χ2v) is 9.61. The van der Waals surface area contributed by atoms with Crippen LogP contribution in [0.2, 0.25) is 0 Å². The van der Waals surface area contributed by atoms with E-state index in [2.05, 4.69) is 5.32 Å². The van der Waals surface area contributed by atoms with Crippen LogP contribution in [0.1, 0.15) is 29.1 Å². The van der Waals surface area contributed by atoms with Gasteiger partial charge in [0, 0.05) is 39.7 Å². The third kappa shape index (κ3) is 2.14. The van der Waals surface area contributed by atoms with Gasteiger partial charge in [0.25, 0.3) is 5.91 Å². The van der Waals surface area contributed by atoms with Gasteiger partial charge in [-0.15, -0.1) is 0 Å². The molecule has 7 rings (SSSR count). The Bertz CT molecular complexity index is 1820. The van der Waals surface area contributed by atoms with Crippen molar-refractivity contribution in [1.29, 1.82) is 0 Å². The number of nitrogens with zero attached hydrogens (tertiary/aromatic N) is 2. The third-order valence-corrected chi connectivity index (χ3v) is 8.13. The number of carbonyl (C=O) groups is 2. The number of para-hydroxylation sites is 2. The summed E-state index contributed by atoms with van der Waals surface area (Å²) in [6, 6.07) is 15.0. The zero-order valence-corrected chi connectivity index (χ0v) is 19.8. The molecule has 0 bridgehead atoms. The van der Waals surface area contributed by atoms with Gasteiger partial charge in [-0.1, -0.05) is 36.4 Å². The maximum Gasteiger partial charge on any atom is 0.344 e. The fraction of sp³-hybridized carbons (Fsp3) is 0.259. The second-order valence-electron chi connectivity index (χ2n) is 9.61. The predicted octanol–water partition coefficient (Wildman–Crippen LogP) is 2.87. The Hall–Kier alpha value is -3.92. The van der Waals surface area contributed by atoms with Crippen LogP contribution in [0.5, 0.6) is 0 Å². The number of methoxy groups -OCH3 is 2. The highest BCUT2D eigenvalue weighted by atomic mass is 16.6. The van der Waals surface area contributed by atoms with Gasteiger partial charge in [0.2, 0.25) is 5.60 Å². The Morgan fingerprint density at radius 1 is 1.03 bits per heavy atom. The molecule has 2 aliphatic heterocycles. The normalized spacial score (nSPS) is 25.1. The van der Waals surface area contributed by atoms with Gasteiger partial charge in [-0.05, 0) is 19.1 Å². The van der Waals surface area contributed by atoms with E-state index >= 15 is 0 Å². The highest BCUT2D eigenvalue weighted by molar-refractivity contribution is 6.31. The van der Waals surface area contributed by atoms with Crippen LogP contribution in [0.25, 0.3) is 43.6 Å². The lowest BCUT2D eigenvalue weighted by molar-refractivity contribution is -0.225. The van der Waals surface area contributed by atoms with Crippen molar-refractivity contribution in [2.45, 2.75) is 31.0 Å². The monoisotopic (exact) mass is 485 g/mol. The molecule has 0 spiro atoms. The molecule has 0 radical (unpaired) electrons. The van der Waals surface area contributed by atoms with Crippen LogP contribution in [0.15, 0.2) is 48.5 Å². The molecular weight excluding hydrogens is 462 g/mol. The minimum Gasteiger partial charge on any atom is -0.467 e. The first-order valence-electron chi connectivity index (χ1n) is 11.6. The zero-order chi connectivity index (χ0) is 25.1. The Balaban J connectivity index is 1.88. The number of nitrogens with one attached hydrogen (secondary N) is 1. The van der Waals surface area contributed by atoms with Crippen LogP contribution < -0.4 is 5.32 Å². The lowest BCUT2D eigenvalue weighted by Crippen LogP contribution is -2.61. The summed E-state index contributed by atoms with van der Waals surface area (Å²) in [7, 11) is 2.67. The number of hydrogen-bond donors (Lipinski definition) is 3. The van der Waals surface area contributed by atoms with E-state index in [1.54, 1.807) is 6.92 Å². The molecule has 0 fully saturated rings. The molecule has 2 aromatic heterocycles. The molecule has 3 N–H and O–H groups in total. The van der Waals surface area contributed by atoms with Gasteiger partial charge in [0.05, 0.1) is 35.8 Å². The van der Waals surface area contributed by atoms with Crippen LogP contribution in [0, 0.1) is 0 Å². The third-order valence-electron chi connectivity index (χ3n) is 8.13. The molecule has 3 unspecified atom stereocenters. The summed E-state index contributed by atoms with van der Waals surface area (Å²) in [5, 5.41) is 28.8. The van der Waals surface area contributed by atoms with Gasteiger partial charge in [-0.2, -0.15) is 0 Å². The number of carbonyl (C=O) groups excluding carboxylic acids is 2. The zero-order valence-electron chi connectivity index (χ0n) is 19.8. The van der Waals surface area contributed by atoms with E-state index < -0.39 is 23.5 Å². The molecule has 3 aromatic carbocycles. The lowest BCUT2D eigenvalue weighted by atomic mass is 9.90. The Labute approximate surface area is 204 Å². The molecule has 9 nitrogen and oxygen atoms in total. The smallest absolute Gasteiger partial charge is 0.344 e. The average Bonchev–Trinajstić information content (AvgIpc) is 3.48. The standard InChI is InChI=1S/C27H23N3O6/c1-26(36-3)27(34,25(33)35-2)12-29-15-10-6-4-8-13(15)17-19-20(24(32)28-23(19)31)18-14-9-5-7-11-16(14)30(26)22(18)21(17)29/h4-11,24,32,34H,12H2,1-3H3,(H,28,31). The highest BCUT2D eigenvalue weighted by Crippen LogP contribution is 2.52. The molecule has 4 heterocycles. The highest BCUT2D eigenvalue weighted by Gasteiger charge is 2.59. The number of aromatic nitrogens is 2. The first-order chi connectivity index (χ1) is 17.3. The molecule has 5 aromatic rings. The van der Waals surface area contributed by atoms with Gasteiger partial charge in [0.1, 0.15) is 0 Å². The van der Waals surface area contributed by atoms with Crippen LogP contribution in [0.3, 0.4) is 0 Å². The van der Waals surface area contributed by atoms with Gasteiger partial charge in [0.15, 0.2) is 12.0 Å². The number of fused-ring (bicyclic) bond motifs is 9. The number of aliphatic hydroxyl groups excluding tert-OH is 1. The SMILES string of the molecule is COC(=O)C1(O)Cn2c3ccccc3c3c4c(c5c6ccccc6n(c5c32)C1(C)OC)C(O)NC4=O. The van der Waals surface area contributed by atoms with Crippen LogP contribution in [-0.2, 0) is 26.5 Å². The van der Waals surface area contributed by atoms with E-state index in [0.717, 1.165) is 16.3 Å². The summed E-state index contributed by atoms with van der Waals surface area (Å²) < 4.78 is 14.8. The number of benzene rings is 3. The molecule has 3 atom stereocenters. The summed E-state index contributed by atoms with van der Waals surface area (Å²) in [4.78, 5) is 26.6. The second kappa shape index (κ2) is 6.64.